The highest BCUT2D eigenvalue weighted by molar-refractivity contribution is 5.98. The maximum absolute atomic E-state index is 9.24. The first-order valence-corrected chi connectivity index (χ1v) is 9.87. The van der Waals surface area contributed by atoms with Crippen molar-refractivity contribution < 1.29 is 14.0 Å². The van der Waals surface area contributed by atoms with Gasteiger partial charge >= 0.3 is 0 Å². The molecule has 0 amide bonds. The molecular weight excluding hydrogens is 358 g/mol. The van der Waals surface area contributed by atoms with Crippen LogP contribution in [-0.4, -0.2) is 36.9 Å². The number of aliphatic hydroxyl groups is 1. The van der Waals surface area contributed by atoms with Crippen LogP contribution in [0.25, 0.3) is 11.1 Å². The van der Waals surface area contributed by atoms with E-state index in [1.54, 1.807) is 0 Å². The number of rotatable bonds is 9. The molecule has 0 saturated heterocycles. The molecule has 0 unspecified atom stereocenters. The smallest absolute Gasteiger partial charge is 0.119 e. The predicted octanol–water partition coefficient (Wildman–Crippen LogP) is 5.32. The molecule has 0 aliphatic rings. The minimum Gasteiger partial charge on any atom is -0.492 e. The van der Waals surface area contributed by atoms with Gasteiger partial charge in [-0.3, -0.25) is 4.90 Å². The summed E-state index contributed by atoms with van der Waals surface area (Å²) in [5.41, 5.74) is 5.88. The molecule has 3 rings (SSSR count). The number of hydrogen-bond donors (Lipinski definition) is 1. The average Bonchev–Trinajstić information content (AvgIpc) is 2.81. The molecule has 1 N–H and O–H groups in total. The Balaban J connectivity index is 1.87. The summed E-state index contributed by atoms with van der Waals surface area (Å²) in [7, 11) is 0. The summed E-state index contributed by atoms with van der Waals surface area (Å²) < 4.78 is 27.9. The van der Waals surface area contributed by atoms with Crippen LogP contribution in [0.4, 0.5) is 0 Å². The van der Waals surface area contributed by atoms with Gasteiger partial charge in [-0.2, -0.15) is 0 Å². The van der Waals surface area contributed by atoms with Gasteiger partial charge in [-0.1, -0.05) is 79.7 Å². The zero-order valence-electron chi connectivity index (χ0n) is 19.7. The van der Waals surface area contributed by atoms with Crippen molar-refractivity contribution >= 4 is 11.1 Å². The van der Waals surface area contributed by atoms with Crippen molar-refractivity contribution in [2.24, 2.45) is 0 Å². The maximum atomic E-state index is 9.24. The molecule has 0 fully saturated rings. The first-order valence-electron chi connectivity index (χ1n) is 11.4. The van der Waals surface area contributed by atoms with Gasteiger partial charge in [0.05, 0.1) is 6.73 Å². The van der Waals surface area contributed by atoms with E-state index in [1.165, 1.54) is 16.7 Å². The molecule has 0 saturated carbocycles. The van der Waals surface area contributed by atoms with Gasteiger partial charge in [-0.05, 0) is 53.4 Å². The fourth-order valence-electron chi connectivity index (χ4n) is 3.35. The fourth-order valence-corrected chi connectivity index (χ4v) is 3.35. The molecule has 3 nitrogen and oxygen atoms in total. The van der Waals surface area contributed by atoms with Gasteiger partial charge in [0, 0.05) is 10.7 Å². The molecule has 0 bridgehead atoms. The Kier molecular flexibility index (Phi) is 6.22. The number of likely N-dealkylation sites (N-methyl/N-ethyl adjacent to an activating group) is 1. The van der Waals surface area contributed by atoms with Crippen LogP contribution >= 0.6 is 0 Å². The second-order valence-electron chi connectivity index (χ2n) is 6.72. The van der Waals surface area contributed by atoms with E-state index in [4.69, 9.17) is 8.85 Å². The third-order valence-electron chi connectivity index (χ3n) is 4.78. The van der Waals surface area contributed by atoms with E-state index in [9.17, 15) is 5.11 Å². The van der Waals surface area contributed by atoms with Gasteiger partial charge in [0.2, 0.25) is 0 Å². The highest BCUT2D eigenvalue weighted by Gasteiger charge is 2.13. The Morgan fingerprint density at radius 2 is 1.45 bits per heavy atom. The van der Waals surface area contributed by atoms with Crippen LogP contribution in [-0.2, 0) is 0 Å². The van der Waals surface area contributed by atoms with Crippen LogP contribution in [0.15, 0.2) is 84.9 Å². The lowest BCUT2D eigenvalue weighted by Crippen LogP contribution is -2.24. The fraction of sp³-hybridized carbons (Fsp3) is 0.231. The van der Waals surface area contributed by atoms with E-state index >= 15 is 0 Å². The average molecular weight is 391 g/mol. The monoisotopic (exact) mass is 390 g/mol. The molecule has 150 valence electrons. The lowest BCUT2D eigenvalue weighted by Gasteiger charge is -2.17. The quantitative estimate of drug-likeness (QED) is 0.397. The van der Waals surface area contributed by atoms with Gasteiger partial charge in [0.15, 0.2) is 0 Å². The topological polar surface area (TPSA) is 32.7 Å². The number of allylic oxidation sites excluding steroid dienone is 1. The SMILES string of the molecule is [2H]C([2H])([2H])N(CO)CCOc1ccc(/C(=C(/CC)c2ccccc2)c2ccccc2)cc1. The maximum Gasteiger partial charge on any atom is 0.119 e. The summed E-state index contributed by atoms with van der Waals surface area (Å²) >= 11 is 0. The van der Waals surface area contributed by atoms with E-state index in [1.807, 2.05) is 48.5 Å². The van der Waals surface area contributed by atoms with Crippen molar-refractivity contribution in [3.8, 4) is 5.75 Å². The molecule has 0 aromatic heterocycles. The van der Waals surface area contributed by atoms with Crippen molar-refractivity contribution in [2.75, 3.05) is 26.9 Å². The summed E-state index contributed by atoms with van der Waals surface area (Å²) in [5, 5.41) is 9.24. The van der Waals surface area contributed by atoms with Crippen LogP contribution in [0.5, 0.6) is 5.75 Å². The molecule has 0 aliphatic carbocycles. The zero-order chi connectivity index (χ0) is 23.0. The summed E-state index contributed by atoms with van der Waals surface area (Å²) in [6.45, 7) is -0.433. The Bertz CT molecular complexity index is 1000. The van der Waals surface area contributed by atoms with E-state index in [2.05, 4.69) is 43.3 Å². The molecule has 0 radical (unpaired) electrons. The second-order valence-corrected chi connectivity index (χ2v) is 6.72. The third-order valence-corrected chi connectivity index (χ3v) is 4.78. The number of ether oxygens (including phenoxy) is 1. The number of nitrogens with zero attached hydrogens (tertiary/aromatic N) is 1. The first-order chi connectivity index (χ1) is 15.4. The number of aliphatic hydroxyl groups excluding tert-OH is 1. The summed E-state index contributed by atoms with van der Waals surface area (Å²) in [6, 6.07) is 28.6. The molecule has 0 aliphatic heterocycles. The van der Waals surface area contributed by atoms with Gasteiger partial charge in [-0.25, -0.2) is 0 Å². The van der Waals surface area contributed by atoms with Crippen LogP contribution in [0, 0.1) is 0 Å². The molecule has 3 heteroatoms. The van der Waals surface area contributed by atoms with Gasteiger partial charge in [0.1, 0.15) is 12.4 Å². The minimum atomic E-state index is -2.34. The van der Waals surface area contributed by atoms with Crippen molar-refractivity contribution in [2.45, 2.75) is 13.3 Å². The molecule has 3 aromatic carbocycles. The van der Waals surface area contributed by atoms with Crippen molar-refractivity contribution in [1.82, 2.24) is 4.90 Å². The standard InChI is InChI=1S/C26H29NO2/c1-3-25(21-10-6-4-7-11-21)26(22-12-8-5-9-13-22)23-14-16-24(17-15-23)29-19-18-27(2)20-28/h4-17,28H,3,18-20H2,1-2H3/b26-25-/i2D3. The van der Waals surface area contributed by atoms with Crippen molar-refractivity contribution in [1.29, 1.82) is 0 Å². The van der Waals surface area contributed by atoms with Crippen molar-refractivity contribution in [3.05, 3.63) is 102 Å². The predicted molar refractivity (Wildman–Crippen MR) is 121 cm³/mol. The molecule has 0 atom stereocenters. The zero-order valence-corrected chi connectivity index (χ0v) is 16.7. The summed E-state index contributed by atoms with van der Waals surface area (Å²) in [6.07, 6.45) is 0.888. The van der Waals surface area contributed by atoms with Crippen LogP contribution < -0.4 is 4.74 Å². The highest BCUT2D eigenvalue weighted by atomic mass is 16.5. The Labute approximate surface area is 178 Å². The van der Waals surface area contributed by atoms with Crippen molar-refractivity contribution in [3.63, 3.8) is 0 Å². The number of benzene rings is 3. The Morgan fingerprint density at radius 3 is 2.00 bits per heavy atom. The highest BCUT2D eigenvalue weighted by Crippen LogP contribution is 2.34. The molecule has 3 aromatic rings. The minimum absolute atomic E-state index is 0.109. The second kappa shape index (κ2) is 10.6. The molecule has 0 spiro atoms. The van der Waals surface area contributed by atoms with E-state index in [0.717, 1.165) is 22.4 Å². The number of hydrogen-bond acceptors (Lipinski definition) is 3. The Morgan fingerprint density at radius 1 is 0.862 bits per heavy atom. The van der Waals surface area contributed by atoms with E-state index < -0.39 is 13.7 Å². The summed E-state index contributed by atoms with van der Waals surface area (Å²) in [5.74, 6) is 0.655. The molecular formula is C26H29NO2. The van der Waals surface area contributed by atoms with Crippen LogP contribution in [0.1, 0.15) is 34.1 Å². The third kappa shape index (κ3) is 5.57. The largest absolute Gasteiger partial charge is 0.492 e. The van der Waals surface area contributed by atoms with Gasteiger partial charge in [-0.15, -0.1) is 0 Å². The lowest BCUT2D eigenvalue weighted by atomic mass is 9.88. The first kappa shape index (κ1) is 17.0. The normalized spacial score (nSPS) is 14.0. The molecule has 0 heterocycles. The Hall–Kier alpha value is -2.88. The van der Waals surface area contributed by atoms with Crippen LogP contribution in [0.2, 0.25) is 0 Å². The van der Waals surface area contributed by atoms with Crippen LogP contribution in [0.3, 0.4) is 0 Å². The van der Waals surface area contributed by atoms with Gasteiger partial charge < -0.3 is 9.84 Å². The lowest BCUT2D eigenvalue weighted by molar-refractivity contribution is 0.116. The van der Waals surface area contributed by atoms with E-state index in [-0.39, 0.29) is 13.2 Å². The summed E-state index contributed by atoms with van der Waals surface area (Å²) in [4.78, 5) is 0.991. The molecule has 29 heavy (non-hydrogen) atoms. The van der Waals surface area contributed by atoms with Gasteiger partial charge in [0.25, 0.3) is 0 Å². The van der Waals surface area contributed by atoms with E-state index in [0.29, 0.717) is 5.75 Å².